The molecular weight excluding hydrogens is 478 g/mol. The Kier molecular flexibility index (Phi) is 5.17. The van der Waals surface area contributed by atoms with E-state index in [0.717, 1.165) is 22.0 Å². The first-order chi connectivity index (χ1) is 15.3. The number of carboxylic acid groups (broad SMARTS) is 2. The highest BCUT2D eigenvalue weighted by atomic mass is 79.9. The molecule has 8 nitrogen and oxygen atoms in total. The van der Waals surface area contributed by atoms with Gasteiger partial charge in [-0.15, -0.1) is 0 Å². The zero-order chi connectivity index (χ0) is 22.6. The molecule has 5 rings (SSSR count). The van der Waals surface area contributed by atoms with Gasteiger partial charge in [-0.25, -0.2) is 0 Å². The summed E-state index contributed by atoms with van der Waals surface area (Å²) in [5, 5.41) is 20.3. The minimum atomic E-state index is -0.991. The van der Waals surface area contributed by atoms with E-state index in [-0.39, 0.29) is 23.9 Å². The second-order valence-electron chi connectivity index (χ2n) is 8.66. The Bertz CT molecular complexity index is 1300. The maximum atomic E-state index is 12.5. The second-order valence-corrected chi connectivity index (χ2v) is 9.58. The Morgan fingerprint density at radius 2 is 1.94 bits per heavy atom. The lowest BCUT2D eigenvalue weighted by Gasteiger charge is -2.44. The van der Waals surface area contributed by atoms with Crippen molar-refractivity contribution in [3.63, 3.8) is 0 Å². The van der Waals surface area contributed by atoms with Crippen LogP contribution in [-0.4, -0.2) is 49.3 Å². The van der Waals surface area contributed by atoms with E-state index < -0.39 is 18.0 Å². The highest BCUT2D eigenvalue weighted by molar-refractivity contribution is 9.10. The Labute approximate surface area is 191 Å². The van der Waals surface area contributed by atoms with Crippen molar-refractivity contribution in [3.05, 3.63) is 68.7 Å². The first-order valence-corrected chi connectivity index (χ1v) is 11.3. The predicted octanol–water partition coefficient (Wildman–Crippen LogP) is 2.90. The normalized spacial score (nSPS) is 21.3. The number of hydrogen-bond acceptors (Lipinski definition) is 4. The summed E-state index contributed by atoms with van der Waals surface area (Å²) in [6.07, 6.45) is 2.59. The topological polar surface area (TPSA) is 105 Å². The molecule has 2 aliphatic heterocycles. The number of piperidine rings is 1. The Balaban J connectivity index is 1.57. The summed E-state index contributed by atoms with van der Waals surface area (Å²) in [6, 6.07) is 9.87. The molecule has 32 heavy (non-hydrogen) atoms. The van der Waals surface area contributed by atoms with Gasteiger partial charge in [0.1, 0.15) is 12.6 Å². The summed E-state index contributed by atoms with van der Waals surface area (Å²) >= 11 is 3.42. The molecule has 0 amide bonds. The Morgan fingerprint density at radius 1 is 1.12 bits per heavy atom. The van der Waals surface area contributed by atoms with Gasteiger partial charge in [-0.2, -0.15) is 0 Å². The lowest BCUT2D eigenvalue weighted by molar-refractivity contribution is -0.144. The molecule has 3 aromatic rings. The Morgan fingerprint density at radius 3 is 2.69 bits per heavy atom. The first kappa shape index (κ1) is 21.0. The molecule has 2 N–H and O–H groups in total. The molecule has 0 spiro atoms. The average molecular weight is 500 g/mol. The van der Waals surface area contributed by atoms with Gasteiger partial charge in [0.15, 0.2) is 0 Å². The van der Waals surface area contributed by atoms with Crippen LogP contribution in [-0.2, 0) is 22.7 Å². The quantitative estimate of drug-likeness (QED) is 0.559. The third-order valence-corrected chi connectivity index (χ3v) is 7.08. The standard InChI is InChI=1S/C23H22BrN3O5/c24-15-4-5-16-17(11-25(12-21(29)30)19(16)7-15)22(23(31)32)26-8-13-6-14(10-26)18-2-1-3-20(28)27(18)9-13/h1-5,7,11,13-14,22H,6,8-10,12H2,(H,29,30)(H,31,32)/t13-,14-,22+/m0/s1. The number of carboxylic acids is 2. The zero-order valence-electron chi connectivity index (χ0n) is 17.1. The molecule has 1 saturated heterocycles. The summed E-state index contributed by atoms with van der Waals surface area (Å²) in [4.78, 5) is 38.2. The smallest absolute Gasteiger partial charge is 0.325 e. The minimum absolute atomic E-state index is 0.0113. The van der Waals surface area contributed by atoms with Crippen LogP contribution in [0, 0.1) is 5.92 Å². The van der Waals surface area contributed by atoms with Crippen molar-refractivity contribution in [2.45, 2.75) is 31.5 Å². The van der Waals surface area contributed by atoms with Crippen molar-refractivity contribution in [1.82, 2.24) is 14.0 Å². The molecule has 0 saturated carbocycles. The molecule has 2 aromatic heterocycles. The SMILES string of the molecule is O=C(O)Cn1cc([C@H](C(=O)O)N2C[C@@H]3C[C@@H](C2)c2cccc(=O)n2C3)c2ccc(Br)cc21. The summed E-state index contributed by atoms with van der Waals surface area (Å²) in [5.74, 6) is -1.69. The van der Waals surface area contributed by atoms with E-state index in [0.29, 0.717) is 30.7 Å². The van der Waals surface area contributed by atoms with Crippen molar-refractivity contribution in [3.8, 4) is 0 Å². The number of benzene rings is 1. The highest BCUT2D eigenvalue weighted by Crippen LogP contribution is 2.40. The molecular formula is C23H22BrN3O5. The second kappa shape index (κ2) is 7.90. The summed E-state index contributed by atoms with van der Waals surface area (Å²) in [6.45, 7) is 1.43. The van der Waals surface area contributed by atoms with Crippen LogP contribution in [0.25, 0.3) is 10.9 Å². The molecule has 4 heterocycles. The molecule has 166 valence electrons. The van der Waals surface area contributed by atoms with E-state index in [1.807, 2.05) is 33.7 Å². The summed E-state index contributed by atoms with van der Waals surface area (Å²) < 4.78 is 4.21. The van der Waals surface area contributed by atoms with Crippen LogP contribution in [0.15, 0.2) is 51.9 Å². The third kappa shape index (κ3) is 3.55. The molecule has 1 aromatic carbocycles. The maximum absolute atomic E-state index is 12.5. The monoisotopic (exact) mass is 499 g/mol. The van der Waals surface area contributed by atoms with Crippen molar-refractivity contribution in [2.75, 3.05) is 13.1 Å². The molecule has 0 unspecified atom stereocenters. The van der Waals surface area contributed by atoms with E-state index >= 15 is 0 Å². The fourth-order valence-corrected chi connectivity index (χ4v) is 5.77. The number of halogens is 1. The van der Waals surface area contributed by atoms with Crippen molar-refractivity contribution < 1.29 is 19.8 Å². The predicted molar refractivity (Wildman–Crippen MR) is 121 cm³/mol. The lowest BCUT2D eigenvalue weighted by Crippen LogP contribution is -2.49. The molecule has 9 heteroatoms. The molecule has 3 atom stereocenters. The van der Waals surface area contributed by atoms with Gasteiger partial charge in [-0.3, -0.25) is 19.3 Å². The Hall–Kier alpha value is -2.91. The van der Waals surface area contributed by atoms with Crippen LogP contribution < -0.4 is 5.56 Å². The van der Waals surface area contributed by atoms with Gasteiger partial charge in [0.25, 0.3) is 5.56 Å². The number of fused-ring (bicyclic) bond motifs is 5. The number of likely N-dealkylation sites (tertiary alicyclic amines) is 1. The van der Waals surface area contributed by atoms with E-state index in [1.165, 1.54) is 0 Å². The number of rotatable bonds is 5. The van der Waals surface area contributed by atoms with Gasteiger partial charge in [0.05, 0.1) is 5.52 Å². The number of nitrogens with zero attached hydrogens (tertiary/aromatic N) is 3. The van der Waals surface area contributed by atoms with E-state index in [2.05, 4.69) is 15.9 Å². The van der Waals surface area contributed by atoms with E-state index in [1.54, 1.807) is 22.9 Å². The fourth-order valence-electron chi connectivity index (χ4n) is 5.42. The zero-order valence-corrected chi connectivity index (χ0v) is 18.7. The third-order valence-electron chi connectivity index (χ3n) is 6.58. The number of pyridine rings is 1. The summed E-state index contributed by atoms with van der Waals surface area (Å²) in [5.41, 5.74) is 2.21. The number of aliphatic carboxylic acids is 2. The van der Waals surface area contributed by atoms with Crippen LogP contribution >= 0.6 is 15.9 Å². The van der Waals surface area contributed by atoms with Crippen LogP contribution in [0.5, 0.6) is 0 Å². The van der Waals surface area contributed by atoms with Crippen molar-refractivity contribution in [1.29, 1.82) is 0 Å². The van der Waals surface area contributed by atoms with Gasteiger partial charge >= 0.3 is 11.9 Å². The van der Waals surface area contributed by atoms with Crippen LogP contribution in [0.1, 0.15) is 29.6 Å². The van der Waals surface area contributed by atoms with Gasteiger partial charge < -0.3 is 19.3 Å². The van der Waals surface area contributed by atoms with Crippen molar-refractivity contribution in [2.24, 2.45) is 5.92 Å². The molecule has 1 fully saturated rings. The molecule has 2 bridgehead atoms. The average Bonchev–Trinajstić information content (AvgIpc) is 3.05. The van der Waals surface area contributed by atoms with Crippen LogP contribution in [0.2, 0.25) is 0 Å². The van der Waals surface area contributed by atoms with Crippen molar-refractivity contribution >= 4 is 38.8 Å². The molecule has 2 aliphatic rings. The lowest BCUT2D eigenvalue weighted by atomic mass is 9.82. The van der Waals surface area contributed by atoms with E-state index in [9.17, 15) is 24.6 Å². The maximum Gasteiger partial charge on any atom is 0.325 e. The number of hydrogen-bond donors (Lipinski definition) is 2. The van der Waals surface area contributed by atoms with E-state index in [4.69, 9.17) is 0 Å². The van der Waals surface area contributed by atoms with Crippen LogP contribution in [0.3, 0.4) is 0 Å². The van der Waals surface area contributed by atoms with Gasteiger partial charge in [-0.1, -0.05) is 28.1 Å². The molecule has 0 aliphatic carbocycles. The van der Waals surface area contributed by atoms with Gasteiger partial charge in [0, 0.05) is 58.9 Å². The van der Waals surface area contributed by atoms with Gasteiger partial charge in [0.2, 0.25) is 0 Å². The summed E-state index contributed by atoms with van der Waals surface area (Å²) in [7, 11) is 0. The molecule has 0 radical (unpaired) electrons. The van der Waals surface area contributed by atoms with Crippen LogP contribution in [0.4, 0.5) is 0 Å². The number of carbonyl (C=O) groups is 2. The highest BCUT2D eigenvalue weighted by Gasteiger charge is 2.40. The number of aromatic nitrogens is 2. The minimum Gasteiger partial charge on any atom is -0.480 e. The first-order valence-electron chi connectivity index (χ1n) is 10.5. The fraction of sp³-hybridized carbons (Fsp3) is 0.348. The van der Waals surface area contributed by atoms with Gasteiger partial charge in [-0.05, 0) is 30.5 Å². The largest absolute Gasteiger partial charge is 0.480 e.